The fraction of sp³-hybridized carbons (Fsp3) is 0.520. The molecule has 0 unspecified atom stereocenters. The predicted octanol–water partition coefficient (Wildman–Crippen LogP) is 2.74. The second-order valence-corrected chi connectivity index (χ2v) is 10.8. The van der Waals surface area contributed by atoms with Crippen molar-refractivity contribution in [3.05, 3.63) is 51.5 Å². The van der Waals surface area contributed by atoms with Crippen molar-refractivity contribution in [3.63, 3.8) is 0 Å². The molecule has 1 aromatic heterocycles. The molecule has 1 saturated heterocycles. The minimum absolute atomic E-state index is 0.0337. The van der Waals surface area contributed by atoms with Crippen molar-refractivity contribution in [3.8, 4) is 0 Å². The molecule has 0 radical (unpaired) electrons. The van der Waals surface area contributed by atoms with Crippen molar-refractivity contribution in [2.24, 2.45) is 11.8 Å². The fourth-order valence-corrected chi connectivity index (χ4v) is 5.64. The van der Waals surface area contributed by atoms with Crippen LogP contribution in [-0.4, -0.2) is 58.7 Å². The lowest BCUT2D eigenvalue weighted by Gasteiger charge is -2.44. The van der Waals surface area contributed by atoms with Crippen LogP contribution in [0.4, 0.5) is 0 Å². The highest BCUT2D eigenvalue weighted by Crippen LogP contribution is 2.35. The molecule has 8 heteroatoms. The second-order valence-electron chi connectivity index (χ2n) is 9.74. The van der Waals surface area contributed by atoms with Gasteiger partial charge < -0.3 is 15.1 Å². The molecule has 1 aromatic carbocycles. The summed E-state index contributed by atoms with van der Waals surface area (Å²) in [5, 5.41) is 5.68. The number of nitrogens with zero attached hydrogens (tertiary/aromatic N) is 3. The molecule has 0 saturated carbocycles. The Bertz CT molecular complexity index is 1040. The van der Waals surface area contributed by atoms with Gasteiger partial charge in [-0.1, -0.05) is 38.1 Å². The topological polar surface area (TPSA) is 82.6 Å². The van der Waals surface area contributed by atoms with Gasteiger partial charge in [-0.05, 0) is 49.1 Å². The van der Waals surface area contributed by atoms with E-state index in [2.05, 4.69) is 22.4 Å². The Morgan fingerprint density at radius 3 is 2.36 bits per heavy atom. The lowest BCUT2D eigenvalue weighted by molar-refractivity contribution is -0.159. The number of hydrogen-bond donors (Lipinski definition) is 1. The zero-order valence-electron chi connectivity index (χ0n) is 19.9. The van der Waals surface area contributed by atoms with Gasteiger partial charge in [0.15, 0.2) is 6.04 Å². The molecule has 0 bridgehead atoms. The van der Waals surface area contributed by atoms with E-state index >= 15 is 0 Å². The highest BCUT2D eigenvalue weighted by atomic mass is 32.1. The summed E-state index contributed by atoms with van der Waals surface area (Å²) in [5.41, 5.74) is 2.97. The SMILES string of the molecule is Cc1nc([C@H](C(=O)N(C)C)N2C(=O)[C@@H](C3Cc4ccccc4C3)NC(=O)[C@H]2CC(C)C)cs1. The van der Waals surface area contributed by atoms with Crippen molar-refractivity contribution in [2.75, 3.05) is 14.1 Å². The van der Waals surface area contributed by atoms with E-state index in [4.69, 9.17) is 0 Å². The zero-order chi connectivity index (χ0) is 23.9. The molecule has 1 fully saturated rings. The molecule has 3 amide bonds. The van der Waals surface area contributed by atoms with E-state index in [1.165, 1.54) is 27.4 Å². The molecular weight excluding hydrogens is 436 g/mol. The third kappa shape index (κ3) is 4.53. The van der Waals surface area contributed by atoms with E-state index in [0.29, 0.717) is 12.1 Å². The number of fused-ring (bicyclic) bond motifs is 1. The summed E-state index contributed by atoms with van der Waals surface area (Å²) in [7, 11) is 3.34. The third-order valence-electron chi connectivity index (χ3n) is 6.58. The number of benzene rings is 1. The molecule has 2 aliphatic rings. The molecule has 2 aromatic rings. The van der Waals surface area contributed by atoms with Crippen LogP contribution in [0.1, 0.15) is 48.1 Å². The smallest absolute Gasteiger partial charge is 0.251 e. The largest absolute Gasteiger partial charge is 0.347 e. The van der Waals surface area contributed by atoms with Gasteiger partial charge in [-0.25, -0.2) is 4.98 Å². The first-order valence-electron chi connectivity index (χ1n) is 11.5. The standard InChI is InChI=1S/C25H32N4O3S/c1-14(2)10-20-23(30)27-21(18-11-16-8-6-7-9-17(16)12-18)24(31)29(20)22(25(32)28(4)5)19-13-33-15(3)26-19/h6-9,13-14,18,20-22H,10-12H2,1-5H3,(H,27,30)/t20-,21-,22-/m1/s1. The summed E-state index contributed by atoms with van der Waals surface area (Å²) < 4.78 is 0. The first-order chi connectivity index (χ1) is 15.7. The van der Waals surface area contributed by atoms with E-state index in [1.807, 2.05) is 38.3 Å². The number of carbonyl (C=O) groups excluding carboxylic acids is 3. The number of nitrogens with one attached hydrogen (secondary N) is 1. The molecule has 4 rings (SSSR count). The van der Waals surface area contributed by atoms with E-state index in [-0.39, 0.29) is 29.6 Å². The number of likely N-dealkylation sites (N-methyl/N-ethyl adjacent to an activating group) is 1. The molecular formula is C25H32N4O3S. The minimum atomic E-state index is -0.918. The van der Waals surface area contributed by atoms with Gasteiger partial charge in [0.2, 0.25) is 11.8 Å². The Labute approximate surface area is 199 Å². The molecule has 7 nitrogen and oxygen atoms in total. The molecule has 33 heavy (non-hydrogen) atoms. The van der Waals surface area contributed by atoms with E-state index in [9.17, 15) is 14.4 Å². The van der Waals surface area contributed by atoms with Crippen LogP contribution in [0, 0.1) is 18.8 Å². The number of hydrogen-bond acceptors (Lipinski definition) is 5. The quantitative estimate of drug-likeness (QED) is 0.707. The monoisotopic (exact) mass is 468 g/mol. The summed E-state index contributed by atoms with van der Waals surface area (Å²) in [6, 6.07) is 5.88. The van der Waals surface area contributed by atoms with Crippen molar-refractivity contribution in [1.82, 2.24) is 20.1 Å². The maximum atomic E-state index is 14.1. The van der Waals surface area contributed by atoms with E-state index in [0.717, 1.165) is 17.8 Å². The van der Waals surface area contributed by atoms with E-state index in [1.54, 1.807) is 19.0 Å². The van der Waals surface area contributed by atoms with Crippen LogP contribution in [0.15, 0.2) is 29.6 Å². The number of carbonyl (C=O) groups is 3. The van der Waals surface area contributed by atoms with Gasteiger partial charge in [-0.2, -0.15) is 0 Å². The molecule has 176 valence electrons. The summed E-state index contributed by atoms with van der Waals surface area (Å²) in [6.07, 6.45) is 1.95. The van der Waals surface area contributed by atoms with E-state index < -0.39 is 18.1 Å². The van der Waals surface area contributed by atoms with Gasteiger partial charge in [0.05, 0.1) is 10.7 Å². The lowest BCUT2D eigenvalue weighted by Crippen LogP contribution is -2.67. The normalized spacial score (nSPS) is 21.8. The molecule has 3 atom stereocenters. The van der Waals surface area contributed by atoms with Gasteiger partial charge >= 0.3 is 0 Å². The number of aryl methyl sites for hydroxylation is 1. The fourth-order valence-electron chi connectivity index (χ4n) is 5.01. The van der Waals surface area contributed by atoms with Crippen molar-refractivity contribution in [1.29, 1.82) is 0 Å². The van der Waals surface area contributed by atoms with Gasteiger partial charge in [0.25, 0.3) is 5.91 Å². The molecule has 2 heterocycles. The van der Waals surface area contributed by atoms with Crippen LogP contribution in [0.3, 0.4) is 0 Å². The Hall–Kier alpha value is -2.74. The number of aromatic nitrogens is 1. The maximum absolute atomic E-state index is 14.1. The number of amides is 3. The third-order valence-corrected chi connectivity index (χ3v) is 7.37. The van der Waals surface area contributed by atoms with Gasteiger partial charge in [0.1, 0.15) is 12.1 Å². The number of piperazine rings is 1. The van der Waals surface area contributed by atoms with Crippen LogP contribution in [0.25, 0.3) is 0 Å². The molecule has 0 spiro atoms. The first-order valence-corrected chi connectivity index (χ1v) is 12.4. The van der Waals surface area contributed by atoms with Crippen LogP contribution < -0.4 is 5.32 Å². The minimum Gasteiger partial charge on any atom is -0.347 e. The van der Waals surface area contributed by atoms with Crippen molar-refractivity contribution >= 4 is 29.1 Å². The zero-order valence-corrected chi connectivity index (χ0v) is 20.7. The Morgan fingerprint density at radius 2 is 1.85 bits per heavy atom. The van der Waals surface area contributed by atoms with Crippen molar-refractivity contribution < 1.29 is 14.4 Å². The Morgan fingerprint density at radius 1 is 1.21 bits per heavy atom. The Kier molecular flexibility index (Phi) is 6.56. The highest BCUT2D eigenvalue weighted by molar-refractivity contribution is 7.09. The van der Waals surface area contributed by atoms with Gasteiger partial charge in [-0.3, -0.25) is 14.4 Å². The number of thiazole rings is 1. The number of rotatable bonds is 6. The van der Waals surface area contributed by atoms with Crippen molar-refractivity contribution in [2.45, 2.75) is 58.2 Å². The maximum Gasteiger partial charge on any atom is 0.251 e. The summed E-state index contributed by atoms with van der Waals surface area (Å²) >= 11 is 1.44. The average molecular weight is 469 g/mol. The first kappa shape index (κ1) is 23.4. The molecule has 1 N–H and O–H groups in total. The van der Waals surface area contributed by atoms with Gasteiger partial charge in [-0.15, -0.1) is 11.3 Å². The lowest BCUT2D eigenvalue weighted by atomic mass is 9.88. The van der Waals surface area contributed by atoms with Crippen LogP contribution in [0.5, 0.6) is 0 Å². The predicted molar refractivity (Wildman–Crippen MR) is 128 cm³/mol. The molecule has 1 aliphatic heterocycles. The summed E-state index contributed by atoms with van der Waals surface area (Å²) in [4.78, 5) is 48.5. The van der Waals surface area contributed by atoms with Crippen LogP contribution in [0.2, 0.25) is 0 Å². The van der Waals surface area contributed by atoms with Crippen LogP contribution in [-0.2, 0) is 27.2 Å². The van der Waals surface area contributed by atoms with Crippen LogP contribution >= 0.6 is 11.3 Å². The summed E-state index contributed by atoms with van der Waals surface area (Å²) in [5.74, 6) is -0.480. The summed E-state index contributed by atoms with van der Waals surface area (Å²) in [6.45, 7) is 5.91. The second kappa shape index (κ2) is 9.25. The Balaban J connectivity index is 1.74. The highest BCUT2D eigenvalue weighted by Gasteiger charge is 2.50. The van der Waals surface area contributed by atoms with Gasteiger partial charge in [0, 0.05) is 19.5 Å². The average Bonchev–Trinajstić information content (AvgIpc) is 3.38. The molecule has 1 aliphatic carbocycles.